The fraction of sp³-hybridized carbons (Fsp3) is 0.364. The van der Waals surface area contributed by atoms with Crippen molar-refractivity contribution in [3.63, 3.8) is 0 Å². The summed E-state index contributed by atoms with van der Waals surface area (Å²) in [5.74, 6) is 5.66. The van der Waals surface area contributed by atoms with Gasteiger partial charge in [0.25, 0.3) is 0 Å². The minimum Gasteiger partial charge on any atom is -0.271 e. The van der Waals surface area contributed by atoms with Gasteiger partial charge in [0, 0.05) is 13.5 Å². The van der Waals surface area contributed by atoms with E-state index in [1.54, 1.807) is 11.3 Å². The minimum atomic E-state index is 0.0821. The number of rotatable bonds is 4. The molecule has 0 aliphatic heterocycles. The highest BCUT2D eigenvalue weighted by Crippen LogP contribution is 2.29. The molecule has 2 rings (SSSR count). The van der Waals surface area contributed by atoms with Gasteiger partial charge in [0.15, 0.2) is 0 Å². The van der Waals surface area contributed by atoms with Crippen LogP contribution in [0.25, 0.3) is 0 Å². The number of halogens is 2. The summed E-state index contributed by atoms with van der Waals surface area (Å²) in [4.78, 5) is 0. The molecule has 0 spiro atoms. The molecule has 0 amide bonds. The number of hydrogen-bond donors (Lipinski definition) is 2. The molecule has 0 aliphatic carbocycles. The molecule has 2 aromatic rings. The lowest BCUT2D eigenvalue weighted by atomic mass is 10.1. The Hall–Kier alpha value is -0.210. The number of nitrogens with one attached hydrogen (secondary N) is 1. The monoisotopic (exact) mass is 392 g/mol. The quantitative estimate of drug-likeness (QED) is 0.619. The number of nitrogens with zero attached hydrogens (tertiary/aromatic N) is 2. The van der Waals surface area contributed by atoms with Crippen LogP contribution in [0.15, 0.2) is 19.7 Å². The average Bonchev–Trinajstić information content (AvgIpc) is 2.84. The van der Waals surface area contributed by atoms with Gasteiger partial charge in [0.05, 0.1) is 25.7 Å². The van der Waals surface area contributed by atoms with Crippen molar-refractivity contribution < 1.29 is 0 Å². The smallest absolute Gasteiger partial charge is 0.0738 e. The molecule has 2 heterocycles. The molecule has 0 radical (unpaired) electrons. The first kappa shape index (κ1) is 14.2. The van der Waals surface area contributed by atoms with E-state index in [-0.39, 0.29) is 6.04 Å². The van der Waals surface area contributed by atoms with Crippen LogP contribution in [0.5, 0.6) is 0 Å². The Morgan fingerprint density at radius 1 is 1.56 bits per heavy atom. The lowest BCUT2D eigenvalue weighted by molar-refractivity contribution is 0.530. The number of aryl methyl sites for hydroxylation is 2. The number of hydrogen-bond acceptors (Lipinski definition) is 4. The van der Waals surface area contributed by atoms with Crippen LogP contribution in [0.3, 0.4) is 0 Å². The summed E-state index contributed by atoms with van der Waals surface area (Å²) < 4.78 is 4.06. The molecular weight excluding hydrogens is 380 g/mol. The Balaban J connectivity index is 2.25. The minimum absolute atomic E-state index is 0.0821. The van der Waals surface area contributed by atoms with Crippen molar-refractivity contribution in [2.75, 3.05) is 0 Å². The molecule has 7 heteroatoms. The molecule has 98 valence electrons. The van der Waals surface area contributed by atoms with Crippen LogP contribution in [0.1, 0.15) is 23.0 Å². The Morgan fingerprint density at radius 3 is 2.72 bits per heavy atom. The van der Waals surface area contributed by atoms with Gasteiger partial charge in [0.2, 0.25) is 0 Å². The molecule has 0 aliphatic rings. The first-order valence-corrected chi connectivity index (χ1v) is 7.87. The van der Waals surface area contributed by atoms with Gasteiger partial charge in [-0.3, -0.25) is 16.0 Å². The zero-order valence-corrected chi connectivity index (χ0v) is 14.1. The molecule has 1 unspecified atom stereocenters. The molecule has 18 heavy (non-hydrogen) atoms. The number of thiophene rings is 1. The number of hydrazine groups is 1. The van der Waals surface area contributed by atoms with E-state index in [0.29, 0.717) is 0 Å². The molecule has 0 fully saturated rings. The zero-order valence-electron chi connectivity index (χ0n) is 10.1. The van der Waals surface area contributed by atoms with Gasteiger partial charge < -0.3 is 0 Å². The number of nitrogens with two attached hydrogens (primary N) is 1. The normalized spacial score (nSPS) is 12.9. The second-order valence-electron chi connectivity index (χ2n) is 4.08. The molecule has 0 bridgehead atoms. The van der Waals surface area contributed by atoms with E-state index in [1.165, 1.54) is 5.56 Å². The summed E-state index contributed by atoms with van der Waals surface area (Å²) in [5, 5.41) is 6.49. The first-order valence-electron chi connectivity index (χ1n) is 5.41. The molecule has 0 saturated heterocycles. The Kier molecular flexibility index (Phi) is 4.60. The van der Waals surface area contributed by atoms with Crippen LogP contribution in [0.4, 0.5) is 0 Å². The van der Waals surface area contributed by atoms with Gasteiger partial charge in [-0.1, -0.05) is 0 Å². The van der Waals surface area contributed by atoms with E-state index in [0.717, 1.165) is 26.1 Å². The summed E-state index contributed by atoms with van der Waals surface area (Å²) in [6.07, 6.45) is 0.789. The summed E-state index contributed by atoms with van der Waals surface area (Å²) in [6, 6.07) is 2.17. The van der Waals surface area contributed by atoms with E-state index < -0.39 is 0 Å². The highest BCUT2D eigenvalue weighted by molar-refractivity contribution is 9.11. The predicted molar refractivity (Wildman–Crippen MR) is 81.4 cm³/mol. The zero-order chi connectivity index (χ0) is 13.3. The van der Waals surface area contributed by atoms with Gasteiger partial charge in [-0.25, -0.2) is 0 Å². The van der Waals surface area contributed by atoms with Crippen LogP contribution in [-0.2, 0) is 13.5 Å². The van der Waals surface area contributed by atoms with Gasteiger partial charge in [-0.2, -0.15) is 5.10 Å². The molecule has 2 aromatic heterocycles. The van der Waals surface area contributed by atoms with Gasteiger partial charge in [-0.15, -0.1) is 11.3 Å². The highest BCUT2D eigenvalue weighted by Gasteiger charge is 2.18. The van der Waals surface area contributed by atoms with Crippen molar-refractivity contribution in [1.82, 2.24) is 15.2 Å². The Morgan fingerprint density at radius 2 is 2.28 bits per heavy atom. The van der Waals surface area contributed by atoms with Crippen molar-refractivity contribution in [3.05, 3.63) is 36.7 Å². The van der Waals surface area contributed by atoms with Gasteiger partial charge >= 0.3 is 0 Å². The lowest BCUT2D eigenvalue weighted by Gasteiger charge is -2.15. The molecular formula is C11H14Br2N4S. The molecule has 4 nitrogen and oxygen atoms in total. The maximum atomic E-state index is 5.66. The average molecular weight is 394 g/mol. The largest absolute Gasteiger partial charge is 0.271 e. The second kappa shape index (κ2) is 5.83. The fourth-order valence-corrected chi connectivity index (χ4v) is 3.60. The Labute approximate surface area is 127 Å². The van der Waals surface area contributed by atoms with E-state index in [1.807, 2.05) is 18.7 Å². The van der Waals surface area contributed by atoms with Gasteiger partial charge in [0.1, 0.15) is 0 Å². The van der Waals surface area contributed by atoms with Crippen LogP contribution in [0.2, 0.25) is 0 Å². The van der Waals surface area contributed by atoms with Crippen molar-refractivity contribution in [2.24, 2.45) is 12.9 Å². The van der Waals surface area contributed by atoms with E-state index in [4.69, 9.17) is 5.84 Å². The lowest BCUT2D eigenvalue weighted by Crippen LogP contribution is -2.29. The maximum Gasteiger partial charge on any atom is 0.0738 e. The van der Waals surface area contributed by atoms with E-state index in [2.05, 4.69) is 53.8 Å². The van der Waals surface area contributed by atoms with E-state index >= 15 is 0 Å². The Bertz CT molecular complexity index is 549. The third kappa shape index (κ3) is 2.85. The third-order valence-electron chi connectivity index (χ3n) is 2.85. The van der Waals surface area contributed by atoms with Crippen LogP contribution in [0, 0.1) is 6.92 Å². The second-order valence-corrected chi connectivity index (χ2v) is 7.16. The summed E-state index contributed by atoms with van der Waals surface area (Å²) in [5.41, 5.74) is 6.18. The number of aromatic nitrogens is 2. The van der Waals surface area contributed by atoms with Crippen LogP contribution < -0.4 is 11.3 Å². The van der Waals surface area contributed by atoms with Crippen molar-refractivity contribution >= 4 is 43.2 Å². The topological polar surface area (TPSA) is 55.9 Å². The molecule has 1 atom stereocenters. The van der Waals surface area contributed by atoms with Gasteiger partial charge in [-0.05, 0) is 55.8 Å². The maximum absolute atomic E-state index is 5.66. The molecule has 0 saturated carbocycles. The SMILES string of the molecule is Cc1nn(C)c(CC(NN)c2csc(Br)c2)c1Br. The fourth-order valence-electron chi connectivity index (χ4n) is 1.87. The van der Waals surface area contributed by atoms with Crippen LogP contribution >= 0.6 is 43.2 Å². The summed E-state index contributed by atoms with van der Waals surface area (Å²) in [6.45, 7) is 1.99. The van der Waals surface area contributed by atoms with Crippen molar-refractivity contribution in [2.45, 2.75) is 19.4 Å². The first-order chi connectivity index (χ1) is 8.52. The standard InChI is InChI=1S/C11H14Br2N4S/c1-6-11(13)9(17(2)16-6)4-8(15-14)7-3-10(12)18-5-7/h3,5,8,15H,4,14H2,1-2H3. The molecule has 0 aromatic carbocycles. The molecule has 3 N–H and O–H groups in total. The third-order valence-corrected chi connectivity index (χ3v) is 5.40. The summed E-state index contributed by atoms with van der Waals surface area (Å²) in [7, 11) is 1.95. The summed E-state index contributed by atoms with van der Waals surface area (Å²) >= 11 is 8.71. The van der Waals surface area contributed by atoms with E-state index in [9.17, 15) is 0 Å². The highest BCUT2D eigenvalue weighted by atomic mass is 79.9. The van der Waals surface area contributed by atoms with Crippen molar-refractivity contribution in [1.29, 1.82) is 0 Å². The van der Waals surface area contributed by atoms with Crippen molar-refractivity contribution in [3.8, 4) is 0 Å². The predicted octanol–water partition coefficient (Wildman–Crippen LogP) is 3.06. The van der Waals surface area contributed by atoms with Crippen LogP contribution in [-0.4, -0.2) is 9.78 Å².